The summed E-state index contributed by atoms with van der Waals surface area (Å²) in [5.41, 5.74) is 0.437. The van der Waals surface area contributed by atoms with Crippen LogP contribution < -0.4 is 0 Å². The number of methoxy groups -OCH3 is 1. The van der Waals surface area contributed by atoms with Gasteiger partial charge in [-0.2, -0.15) is 0 Å². The maximum absolute atomic E-state index is 12.6. The van der Waals surface area contributed by atoms with Crippen LogP contribution in [0.15, 0.2) is 18.3 Å². The monoisotopic (exact) mass is 335 g/mol. The lowest BCUT2D eigenvalue weighted by Crippen LogP contribution is -2.45. The second-order valence-corrected chi connectivity index (χ2v) is 5.17. The summed E-state index contributed by atoms with van der Waals surface area (Å²) in [7, 11) is 1.28. The summed E-state index contributed by atoms with van der Waals surface area (Å²) in [6, 6.07) is 2.93. The minimum atomic E-state index is -0.518. The van der Waals surface area contributed by atoms with E-state index in [0.717, 1.165) is 0 Å². The molecule has 0 radical (unpaired) electrons. The minimum absolute atomic E-state index is 0.152. The van der Waals surface area contributed by atoms with Gasteiger partial charge in [-0.05, 0) is 25.5 Å². The number of carbonyl (C=O) groups excluding carboxylic acids is 3. The largest absolute Gasteiger partial charge is 0.465 e. The summed E-state index contributed by atoms with van der Waals surface area (Å²) in [4.78, 5) is 40.2. The lowest BCUT2D eigenvalue weighted by Gasteiger charge is -2.27. The molecule has 24 heavy (non-hydrogen) atoms. The van der Waals surface area contributed by atoms with Gasteiger partial charge in [0.2, 0.25) is 5.91 Å². The molecular weight excluding hydrogens is 314 g/mol. The van der Waals surface area contributed by atoms with Gasteiger partial charge < -0.3 is 9.47 Å². The lowest BCUT2D eigenvalue weighted by molar-refractivity contribution is -0.141. The zero-order chi connectivity index (χ0) is 17.5. The fourth-order valence-corrected chi connectivity index (χ4v) is 2.41. The first-order chi connectivity index (χ1) is 11.6. The number of hydrogen-bond acceptors (Lipinski definition) is 6. The maximum Gasteiger partial charge on any atom is 0.339 e. The van der Waals surface area contributed by atoms with Crippen molar-refractivity contribution in [3.63, 3.8) is 0 Å². The topological polar surface area (TPSA) is 89.0 Å². The number of pyridine rings is 1. The fourth-order valence-electron chi connectivity index (χ4n) is 2.41. The highest BCUT2D eigenvalue weighted by Gasteiger charge is 2.31. The Morgan fingerprint density at radius 3 is 2.58 bits per heavy atom. The van der Waals surface area contributed by atoms with E-state index < -0.39 is 5.97 Å². The molecule has 0 aliphatic carbocycles. The van der Waals surface area contributed by atoms with Gasteiger partial charge in [-0.25, -0.2) is 9.80 Å². The van der Waals surface area contributed by atoms with Crippen LogP contribution in [0.5, 0.6) is 0 Å². The van der Waals surface area contributed by atoms with Crippen LogP contribution in [0.1, 0.15) is 40.6 Å². The van der Waals surface area contributed by atoms with Gasteiger partial charge in [0.15, 0.2) is 0 Å². The number of hydrazine groups is 1. The molecule has 0 spiro atoms. The van der Waals surface area contributed by atoms with E-state index in [1.807, 2.05) is 6.92 Å². The second kappa shape index (κ2) is 8.39. The Kier molecular flexibility index (Phi) is 6.25. The van der Waals surface area contributed by atoms with E-state index in [4.69, 9.17) is 4.74 Å². The third kappa shape index (κ3) is 4.08. The molecule has 8 heteroatoms. The first-order valence-electron chi connectivity index (χ1n) is 7.82. The van der Waals surface area contributed by atoms with Gasteiger partial charge in [-0.1, -0.05) is 0 Å². The Labute approximate surface area is 140 Å². The van der Waals surface area contributed by atoms with Crippen molar-refractivity contribution >= 4 is 17.8 Å². The molecule has 1 aliphatic rings. The summed E-state index contributed by atoms with van der Waals surface area (Å²) in [5.74, 6) is -1.04. The third-order valence-corrected chi connectivity index (χ3v) is 3.62. The van der Waals surface area contributed by atoms with Crippen molar-refractivity contribution in [3.05, 3.63) is 29.6 Å². The molecule has 2 amide bonds. The van der Waals surface area contributed by atoms with Crippen LogP contribution in [0.25, 0.3) is 0 Å². The zero-order valence-electron chi connectivity index (χ0n) is 13.9. The van der Waals surface area contributed by atoms with E-state index in [-0.39, 0.29) is 29.5 Å². The van der Waals surface area contributed by atoms with E-state index >= 15 is 0 Å². The average Bonchev–Trinajstić information content (AvgIpc) is 3.10. The van der Waals surface area contributed by atoms with E-state index in [2.05, 4.69) is 9.72 Å². The van der Waals surface area contributed by atoms with Crippen LogP contribution in [0.2, 0.25) is 0 Å². The first kappa shape index (κ1) is 17.9. The molecule has 1 aromatic heterocycles. The number of ether oxygens (including phenoxy) is 2. The van der Waals surface area contributed by atoms with Crippen molar-refractivity contribution in [2.75, 3.05) is 33.4 Å². The quantitative estimate of drug-likeness (QED) is 0.566. The number of aromatic nitrogens is 1. The Hall–Kier alpha value is -2.48. The lowest BCUT2D eigenvalue weighted by atomic mass is 10.2. The van der Waals surface area contributed by atoms with Gasteiger partial charge in [-0.3, -0.25) is 19.6 Å². The third-order valence-electron chi connectivity index (χ3n) is 3.62. The summed E-state index contributed by atoms with van der Waals surface area (Å²) in [5, 5.41) is 2.84. The van der Waals surface area contributed by atoms with Crippen molar-refractivity contribution in [1.82, 2.24) is 15.0 Å². The van der Waals surface area contributed by atoms with Crippen molar-refractivity contribution < 1.29 is 23.9 Å². The first-order valence-corrected chi connectivity index (χ1v) is 7.82. The Bertz CT molecular complexity index is 602. The molecule has 0 saturated carbocycles. The van der Waals surface area contributed by atoms with Crippen LogP contribution in [0, 0.1) is 0 Å². The Morgan fingerprint density at radius 1 is 1.21 bits per heavy atom. The molecule has 1 fully saturated rings. The summed E-state index contributed by atoms with van der Waals surface area (Å²) in [6.45, 7) is 3.70. The number of nitrogens with zero attached hydrogens (tertiary/aromatic N) is 3. The molecule has 0 aromatic carbocycles. The highest BCUT2D eigenvalue weighted by Crippen LogP contribution is 2.16. The zero-order valence-corrected chi connectivity index (χ0v) is 13.9. The van der Waals surface area contributed by atoms with Crippen molar-refractivity contribution in [2.24, 2.45) is 0 Å². The molecule has 1 saturated heterocycles. The molecule has 0 atom stereocenters. The van der Waals surface area contributed by atoms with Crippen LogP contribution in [0.4, 0.5) is 0 Å². The summed E-state index contributed by atoms with van der Waals surface area (Å²) in [6.07, 6.45) is 2.23. The predicted molar refractivity (Wildman–Crippen MR) is 84.1 cm³/mol. The van der Waals surface area contributed by atoms with Crippen molar-refractivity contribution in [1.29, 1.82) is 0 Å². The number of esters is 1. The van der Waals surface area contributed by atoms with Gasteiger partial charge in [0.25, 0.3) is 5.91 Å². The highest BCUT2D eigenvalue weighted by atomic mass is 16.5. The average molecular weight is 335 g/mol. The van der Waals surface area contributed by atoms with Gasteiger partial charge in [0.05, 0.1) is 25.7 Å². The van der Waals surface area contributed by atoms with E-state index in [9.17, 15) is 14.4 Å². The van der Waals surface area contributed by atoms with Gasteiger partial charge in [0.1, 0.15) is 5.69 Å². The van der Waals surface area contributed by atoms with Crippen LogP contribution >= 0.6 is 0 Å². The molecule has 8 nitrogen and oxygen atoms in total. The smallest absolute Gasteiger partial charge is 0.339 e. The van der Waals surface area contributed by atoms with Crippen LogP contribution in [0.3, 0.4) is 0 Å². The fraction of sp³-hybridized carbons (Fsp3) is 0.500. The second-order valence-electron chi connectivity index (χ2n) is 5.17. The van der Waals surface area contributed by atoms with Crippen molar-refractivity contribution in [3.8, 4) is 0 Å². The predicted octanol–water partition coefficient (Wildman–Crippen LogP) is 0.884. The standard InChI is InChI=1S/C16H21N3O5/c1-3-24-10-7-14(20)18-8-4-9-19(18)15(21)13-6-5-12(11-17-13)16(22)23-2/h5-6,11H,3-4,7-10H2,1-2H3. The molecule has 2 rings (SSSR count). The summed E-state index contributed by atoms with van der Waals surface area (Å²) < 4.78 is 9.78. The maximum atomic E-state index is 12.6. The highest BCUT2D eigenvalue weighted by molar-refractivity contribution is 5.95. The molecule has 2 heterocycles. The number of carbonyl (C=O) groups is 3. The van der Waals surface area contributed by atoms with E-state index in [1.165, 1.54) is 35.5 Å². The van der Waals surface area contributed by atoms with Crippen LogP contribution in [-0.2, 0) is 14.3 Å². The SMILES string of the molecule is CCOCCC(=O)N1CCCN1C(=O)c1ccc(C(=O)OC)cn1. The molecule has 0 bridgehead atoms. The van der Waals surface area contributed by atoms with E-state index in [0.29, 0.717) is 32.7 Å². The number of amides is 2. The van der Waals surface area contributed by atoms with Crippen molar-refractivity contribution in [2.45, 2.75) is 19.8 Å². The minimum Gasteiger partial charge on any atom is -0.465 e. The van der Waals surface area contributed by atoms with Gasteiger partial charge >= 0.3 is 5.97 Å². The van der Waals surface area contributed by atoms with E-state index in [1.54, 1.807) is 0 Å². The molecular formula is C16H21N3O5. The molecule has 1 aromatic rings. The normalized spacial score (nSPS) is 13.9. The van der Waals surface area contributed by atoms with Gasteiger partial charge in [0, 0.05) is 25.9 Å². The molecule has 0 unspecified atom stereocenters. The molecule has 0 N–H and O–H groups in total. The molecule has 1 aliphatic heterocycles. The Morgan fingerprint density at radius 2 is 1.96 bits per heavy atom. The van der Waals surface area contributed by atoms with Crippen LogP contribution in [-0.4, -0.2) is 66.2 Å². The molecule has 130 valence electrons. The van der Waals surface area contributed by atoms with Gasteiger partial charge in [-0.15, -0.1) is 0 Å². The Balaban J connectivity index is 2.04. The number of rotatable bonds is 6. The number of hydrogen-bond donors (Lipinski definition) is 0. The summed E-state index contributed by atoms with van der Waals surface area (Å²) >= 11 is 0.